The molecule has 140 valence electrons. The highest BCUT2D eigenvalue weighted by Gasteiger charge is 2.23. The Morgan fingerprint density at radius 1 is 1.00 bits per heavy atom. The Morgan fingerprint density at radius 3 is 2.72 bits per heavy atom. The normalized spacial score (nSPS) is 16.6. The molecule has 1 fully saturated rings. The van der Waals surface area contributed by atoms with Crippen molar-refractivity contribution in [2.45, 2.75) is 0 Å². The number of pyridine rings is 1. The van der Waals surface area contributed by atoms with E-state index in [1.807, 2.05) is 66.9 Å². The fourth-order valence-corrected chi connectivity index (χ4v) is 4.76. The highest BCUT2D eigenvalue weighted by molar-refractivity contribution is 8.18. The molecule has 1 N–H and O–H groups in total. The molecule has 4 aromatic rings. The number of hydrogen-bond acceptors (Lipinski definition) is 5. The van der Waals surface area contributed by atoms with E-state index in [2.05, 4.69) is 32.8 Å². The van der Waals surface area contributed by atoms with Crippen molar-refractivity contribution in [2.24, 2.45) is 4.99 Å². The number of nitrogens with zero attached hydrogens (tertiary/aromatic N) is 2. The van der Waals surface area contributed by atoms with Crippen molar-refractivity contribution in [3.63, 3.8) is 0 Å². The number of para-hydroxylation sites is 1. The molecule has 1 saturated heterocycles. The molecule has 6 heteroatoms. The zero-order valence-corrected chi connectivity index (χ0v) is 16.8. The van der Waals surface area contributed by atoms with Crippen LogP contribution in [0.5, 0.6) is 0 Å². The van der Waals surface area contributed by atoms with E-state index < -0.39 is 0 Å². The number of aliphatic imine (C=N–C) groups is 1. The number of benzene rings is 2. The van der Waals surface area contributed by atoms with E-state index in [9.17, 15) is 4.79 Å². The van der Waals surface area contributed by atoms with Crippen LogP contribution in [0.4, 0.5) is 5.69 Å². The summed E-state index contributed by atoms with van der Waals surface area (Å²) >= 11 is 3.06. The Hall–Kier alpha value is -3.22. The van der Waals surface area contributed by atoms with Crippen LogP contribution in [0.25, 0.3) is 27.4 Å². The van der Waals surface area contributed by atoms with Gasteiger partial charge in [0.1, 0.15) is 0 Å². The lowest BCUT2D eigenvalue weighted by atomic mass is 10.0. The zero-order chi connectivity index (χ0) is 19.6. The number of hydrogen-bond donors (Lipinski definition) is 1. The third-order valence-electron chi connectivity index (χ3n) is 4.49. The van der Waals surface area contributed by atoms with Crippen LogP contribution in [0.3, 0.4) is 0 Å². The maximum Gasteiger partial charge on any atom is 0.264 e. The van der Waals surface area contributed by atoms with Crippen LogP contribution in [0.15, 0.2) is 88.2 Å². The van der Waals surface area contributed by atoms with Crippen molar-refractivity contribution in [1.29, 1.82) is 0 Å². The summed E-state index contributed by atoms with van der Waals surface area (Å²) in [5, 5.41) is 6.58. The molecular weight excluding hydrogens is 398 g/mol. The summed E-state index contributed by atoms with van der Waals surface area (Å²) in [6.07, 6.45) is 3.74. The fraction of sp³-hybridized carbons (Fsp3) is 0. The predicted molar refractivity (Wildman–Crippen MR) is 122 cm³/mol. The molecule has 2 aromatic heterocycles. The van der Waals surface area contributed by atoms with Crippen molar-refractivity contribution < 1.29 is 4.79 Å². The van der Waals surface area contributed by atoms with Crippen LogP contribution in [-0.2, 0) is 4.79 Å². The zero-order valence-electron chi connectivity index (χ0n) is 15.2. The maximum atomic E-state index is 12.4. The number of carbonyl (C=O) groups is 1. The van der Waals surface area contributed by atoms with Gasteiger partial charge in [-0.2, -0.15) is 0 Å². The maximum absolute atomic E-state index is 12.4. The van der Waals surface area contributed by atoms with Crippen LogP contribution in [0.1, 0.15) is 5.56 Å². The van der Waals surface area contributed by atoms with Crippen molar-refractivity contribution in [1.82, 2.24) is 10.3 Å². The molecule has 0 spiro atoms. The van der Waals surface area contributed by atoms with Crippen LogP contribution in [-0.4, -0.2) is 16.1 Å². The van der Waals surface area contributed by atoms with Crippen LogP contribution in [0, 0.1) is 0 Å². The molecule has 1 amide bonds. The fourth-order valence-electron chi connectivity index (χ4n) is 3.15. The average Bonchev–Trinajstić information content (AvgIpc) is 3.39. The monoisotopic (exact) mass is 413 g/mol. The largest absolute Gasteiger partial charge is 0.300 e. The van der Waals surface area contributed by atoms with E-state index >= 15 is 0 Å². The van der Waals surface area contributed by atoms with Gasteiger partial charge in [0.25, 0.3) is 5.91 Å². The SMILES string of the molecule is O=C1NC(=Nc2ccccc2)SC1=Cc1ccc2nccc(-c3cccs3)c2c1. The highest BCUT2D eigenvalue weighted by Crippen LogP contribution is 2.33. The van der Waals surface area contributed by atoms with Crippen molar-refractivity contribution in [3.8, 4) is 10.4 Å². The number of nitrogens with one attached hydrogen (secondary N) is 1. The van der Waals surface area contributed by atoms with Gasteiger partial charge in [-0.25, -0.2) is 4.99 Å². The van der Waals surface area contributed by atoms with Crippen molar-refractivity contribution in [2.75, 3.05) is 0 Å². The summed E-state index contributed by atoms with van der Waals surface area (Å²) < 4.78 is 0. The molecule has 0 unspecified atom stereocenters. The van der Waals surface area contributed by atoms with E-state index in [1.165, 1.54) is 16.6 Å². The Kier molecular flexibility index (Phi) is 4.71. The van der Waals surface area contributed by atoms with Gasteiger partial charge in [-0.05, 0) is 65.2 Å². The molecule has 0 atom stereocenters. The second-order valence-electron chi connectivity index (χ2n) is 6.43. The first-order valence-corrected chi connectivity index (χ1v) is 10.7. The second-order valence-corrected chi connectivity index (χ2v) is 8.41. The number of thiophene rings is 1. The number of aromatic nitrogens is 1. The number of fused-ring (bicyclic) bond motifs is 1. The van der Waals surface area contributed by atoms with Gasteiger partial charge in [-0.15, -0.1) is 11.3 Å². The lowest BCUT2D eigenvalue weighted by Gasteiger charge is -2.05. The molecular formula is C23H15N3OS2. The molecule has 0 saturated carbocycles. The molecule has 3 heterocycles. The van der Waals surface area contributed by atoms with E-state index in [4.69, 9.17) is 0 Å². The van der Waals surface area contributed by atoms with Gasteiger partial charge in [0, 0.05) is 22.0 Å². The van der Waals surface area contributed by atoms with Crippen LogP contribution in [0.2, 0.25) is 0 Å². The predicted octanol–water partition coefficient (Wildman–Crippen LogP) is 5.85. The van der Waals surface area contributed by atoms with Gasteiger partial charge in [0.2, 0.25) is 0 Å². The van der Waals surface area contributed by atoms with Crippen LogP contribution < -0.4 is 5.32 Å². The van der Waals surface area contributed by atoms with Gasteiger partial charge < -0.3 is 5.32 Å². The Bertz CT molecular complexity index is 1260. The number of rotatable bonds is 3. The summed E-state index contributed by atoms with van der Waals surface area (Å²) in [6.45, 7) is 0. The summed E-state index contributed by atoms with van der Waals surface area (Å²) in [7, 11) is 0. The minimum absolute atomic E-state index is 0.130. The number of amides is 1. The summed E-state index contributed by atoms with van der Waals surface area (Å²) in [6, 6.07) is 21.9. The minimum Gasteiger partial charge on any atom is -0.300 e. The smallest absolute Gasteiger partial charge is 0.264 e. The molecule has 4 nitrogen and oxygen atoms in total. The number of thioether (sulfide) groups is 1. The van der Waals surface area contributed by atoms with E-state index in [1.54, 1.807) is 11.3 Å². The Morgan fingerprint density at radius 2 is 1.90 bits per heavy atom. The molecule has 1 aliphatic rings. The summed E-state index contributed by atoms with van der Waals surface area (Å²) in [5.41, 5.74) is 3.86. The van der Waals surface area contributed by atoms with Crippen molar-refractivity contribution >= 4 is 56.8 Å². The summed E-state index contributed by atoms with van der Waals surface area (Å²) in [4.78, 5) is 23.2. The van der Waals surface area contributed by atoms with Gasteiger partial charge in [-0.3, -0.25) is 9.78 Å². The first kappa shape index (κ1) is 17.8. The lowest BCUT2D eigenvalue weighted by molar-refractivity contribution is -0.115. The third-order valence-corrected chi connectivity index (χ3v) is 6.30. The molecule has 0 bridgehead atoms. The first-order valence-electron chi connectivity index (χ1n) is 9.03. The summed E-state index contributed by atoms with van der Waals surface area (Å²) in [5.74, 6) is -0.130. The number of amidine groups is 1. The Labute approximate surface area is 176 Å². The third kappa shape index (κ3) is 3.72. The molecule has 5 rings (SSSR count). The molecule has 2 aromatic carbocycles. The van der Waals surface area contributed by atoms with Gasteiger partial charge in [0.15, 0.2) is 5.17 Å². The number of carbonyl (C=O) groups excluding carboxylic acids is 1. The lowest BCUT2D eigenvalue weighted by Crippen LogP contribution is -2.19. The van der Waals surface area contributed by atoms with Crippen LogP contribution >= 0.6 is 23.1 Å². The molecule has 1 aliphatic heterocycles. The molecule has 0 radical (unpaired) electrons. The van der Waals surface area contributed by atoms with Gasteiger partial charge in [-0.1, -0.05) is 30.3 Å². The standard InChI is InChI=1S/C23H15N3OS2/c27-22-21(29-23(26-22)25-16-5-2-1-3-6-16)14-15-8-9-19-18(13-15)17(10-11-24-19)20-7-4-12-28-20/h1-14H,(H,25,26,27). The molecule has 29 heavy (non-hydrogen) atoms. The second kappa shape index (κ2) is 7.66. The van der Waals surface area contributed by atoms with E-state index in [0.717, 1.165) is 27.7 Å². The quantitative estimate of drug-likeness (QED) is 0.428. The average molecular weight is 414 g/mol. The minimum atomic E-state index is -0.130. The molecule has 0 aliphatic carbocycles. The highest BCUT2D eigenvalue weighted by atomic mass is 32.2. The Balaban J connectivity index is 1.50. The first-order chi connectivity index (χ1) is 14.3. The van der Waals surface area contributed by atoms with E-state index in [-0.39, 0.29) is 5.91 Å². The van der Waals surface area contributed by atoms with Gasteiger partial charge in [0.05, 0.1) is 16.1 Å². The van der Waals surface area contributed by atoms with Crippen molar-refractivity contribution in [3.05, 3.63) is 88.8 Å². The van der Waals surface area contributed by atoms with E-state index in [0.29, 0.717) is 10.1 Å². The topological polar surface area (TPSA) is 54.4 Å². The van der Waals surface area contributed by atoms with Gasteiger partial charge >= 0.3 is 0 Å².